The van der Waals surface area contributed by atoms with Crippen molar-refractivity contribution in [2.45, 2.75) is 18.7 Å². The normalized spacial score (nSPS) is 15.3. The average molecular weight is 422 g/mol. The van der Waals surface area contributed by atoms with E-state index in [0.717, 1.165) is 0 Å². The van der Waals surface area contributed by atoms with Crippen molar-refractivity contribution in [3.05, 3.63) is 58.6 Å². The molecule has 0 atom stereocenters. The zero-order valence-corrected chi connectivity index (χ0v) is 16.6. The van der Waals surface area contributed by atoms with Gasteiger partial charge in [0.15, 0.2) is 11.5 Å². The van der Waals surface area contributed by atoms with E-state index in [1.165, 1.54) is 30.3 Å². The SMILES string of the molecule is CCOc1cc(/C=C2\C(=O)ON=C2C)ccc1OS(=O)(=O)c1ccc(Cl)cc1. The summed E-state index contributed by atoms with van der Waals surface area (Å²) < 4.78 is 35.8. The van der Waals surface area contributed by atoms with Crippen LogP contribution in [0.2, 0.25) is 5.02 Å². The largest absolute Gasteiger partial charge is 0.490 e. The molecule has 1 heterocycles. The third-order valence-corrected chi connectivity index (χ3v) is 5.26. The predicted molar refractivity (Wildman–Crippen MR) is 104 cm³/mol. The van der Waals surface area contributed by atoms with E-state index in [9.17, 15) is 13.2 Å². The first kappa shape index (κ1) is 19.9. The molecule has 0 amide bonds. The van der Waals surface area contributed by atoms with Gasteiger partial charge in [-0.15, -0.1) is 0 Å². The minimum atomic E-state index is -4.07. The molecular weight excluding hydrogens is 406 g/mol. The number of carbonyl (C=O) groups excluding carboxylic acids is 1. The molecule has 0 saturated heterocycles. The molecule has 146 valence electrons. The van der Waals surface area contributed by atoms with Gasteiger partial charge in [-0.3, -0.25) is 0 Å². The maximum Gasteiger partial charge on any atom is 0.367 e. The molecule has 7 nitrogen and oxygen atoms in total. The van der Waals surface area contributed by atoms with Gasteiger partial charge < -0.3 is 13.8 Å². The molecule has 0 spiro atoms. The minimum Gasteiger partial charge on any atom is -0.490 e. The highest BCUT2D eigenvalue weighted by Crippen LogP contribution is 2.32. The Morgan fingerprint density at radius 1 is 1.14 bits per heavy atom. The summed E-state index contributed by atoms with van der Waals surface area (Å²) >= 11 is 5.79. The van der Waals surface area contributed by atoms with Crippen molar-refractivity contribution < 1.29 is 27.0 Å². The molecule has 1 aliphatic heterocycles. The number of oxime groups is 1. The Hall–Kier alpha value is -2.84. The Kier molecular flexibility index (Phi) is 5.71. The maximum absolute atomic E-state index is 12.5. The molecule has 0 unspecified atom stereocenters. The molecule has 0 aromatic heterocycles. The second-order valence-electron chi connectivity index (χ2n) is 5.74. The van der Waals surface area contributed by atoms with Crippen molar-refractivity contribution in [2.75, 3.05) is 6.61 Å². The number of nitrogens with zero attached hydrogens (tertiary/aromatic N) is 1. The standard InChI is InChI=1S/C19H16ClNO6S/c1-3-25-18-11-13(10-16-12(2)21-26-19(16)22)4-9-17(18)27-28(23,24)15-7-5-14(20)6-8-15/h4-11H,3H2,1-2H3/b16-10-. The van der Waals surface area contributed by atoms with Crippen molar-refractivity contribution >= 4 is 39.5 Å². The summed E-state index contributed by atoms with van der Waals surface area (Å²) in [4.78, 5) is 16.3. The van der Waals surface area contributed by atoms with Gasteiger partial charge in [-0.25, -0.2) is 4.79 Å². The first-order valence-electron chi connectivity index (χ1n) is 8.25. The second kappa shape index (κ2) is 8.04. The minimum absolute atomic E-state index is 0.0262. The molecule has 28 heavy (non-hydrogen) atoms. The van der Waals surface area contributed by atoms with Gasteiger partial charge in [-0.2, -0.15) is 8.42 Å². The molecule has 9 heteroatoms. The van der Waals surface area contributed by atoms with Crippen LogP contribution in [0.5, 0.6) is 11.5 Å². The summed E-state index contributed by atoms with van der Waals surface area (Å²) in [6, 6.07) is 10.2. The van der Waals surface area contributed by atoms with Crippen molar-refractivity contribution in [3.8, 4) is 11.5 Å². The second-order valence-corrected chi connectivity index (χ2v) is 7.73. The van der Waals surface area contributed by atoms with Crippen molar-refractivity contribution in [3.63, 3.8) is 0 Å². The van der Waals surface area contributed by atoms with Gasteiger partial charge >= 0.3 is 16.1 Å². The quantitative estimate of drug-likeness (QED) is 0.400. The summed E-state index contributed by atoms with van der Waals surface area (Å²) in [5, 5.41) is 4.03. The lowest BCUT2D eigenvalue weighted by molar-refractivity contribution is -0.136. The van der Waals surface area contributed by atoms with Crippen LogP contribution < -0.4 is 8.92 Å². The molecule has 0 aliphatic carbocycles. The first-order valence-corrected chi connectivity index (χ1v) is 10.0. The smallest absolute Gasteiger partial charge is 0.367 e. The third kappa shape index (κ3) is 4.35. The van der Waals surface area contributed by atoms with E-state index in [1.54, 1.807) is 32.1 Å². The topological polar surface area (TPSA) is 91.3 Å². The fraction of sp³-hybridized carbons (Fsp3) is 0.158. The van der Waals surface area contributed by atoms with Crippen LogP contribution in [0.25, 0.3) is 6.08 Å². The number of benzene rings is 2. The van der Waals surface area contributed by atoms with Gasteiger partial charge in [0.1, 0.15) is 4.90 Å². The van der Waals surface area contributed by atoms with E-state index in [0.29, 0.717) is 28.5 Å². The highest BCUT2D eigenvalue weighted by Gasteiger charge is 2.23. The molecule has 0 fully saturated rings. The summed E-state index contributed by atoms with van der Waals surface area (Å²) in [7, 11) is -4.07. The Balaban J connectivity index is 1.93. The number of hydrogen-bond donors (Lipinski definition) is 0. The first-order chi connectivity index (χ1) is 13.3. The Morgan fingerprint density at radius 3 is 2.46 bits per heavy atom. The van der Waals surface area contributed by atoms with Crippen LogP contribution in [-0.4, -0.2) is 26.7 Å². The van der Waals surface area contributed by atoms with E-state index in [-0.39, 0.29) is 16.4 Å². The maximum atomic E-state index is 12.5. The van der Waals surface area contributed by atoms with E-state index < -0.39 is 16.1 Å². The Labute approximate surface area is 167 Å². The number of carbonyl (C=O) groups is 1. The van der Waals surface area contributed by atoms with Crippen LogP contribution in [0, 0.1) is 0 Å². The molecule has 2 aromatic carbocycles. The summed E-state index contributed by atoms with van der Waals surface area (Å²) in [5.41, 5.74) is 1.36. The lowest BCUT2D eigenvalue weighted by atomic mass is 10.1. The monoisotopic (exact) mass is 421 g/mol. The van der Waals surface area contributed by atoms with E-state index in [2.05, 4.69) is 9.99 Å². The average Bonchev–Trinajstić information content (AvgIpc) is 2.96. The van der Waals surface area contributed by atoms with Crippen molar-refractivity contribution in [2.24, 2.45) is 5.16 Å². The Morgan fingerprint density at radius 2 is 1.86 bits per heavy atom. The fourth-order valence-corrected chi connectivity index (χ4v) is 3.47. The number of rotatable bonds is 6. The van der Waals surface area contributed by atoms with Crippen LogP contribution >= 0.6 is 11.6 Å². The van der Waals surface area contributed by atoms with Gasteiger partial charge in [0.2, 0.25) is 0 Å². The summed E-state index contributed by atoms with van der Waals surface area (Å²) in [6.07, 6.45) is 1.58. The Bertz CT molecular complexity index is 1070. The van der Waals surface area contributed by atoms with Gasteiger partial charge in [-0.05, 0) is 61.9 Å². The molecule has 0 saturated carbocycles. The van der Waals surface area contributed by atoms with Crippen LogP contribution in [0.15, 0.2) is 58.1 Å². The van der Waals surface area contributed by atoms with Crippen molar-refractivity contribution in [1.82, 2.24) is 0 Å². The van der Waals surface area contributed by atoms with Gasteiger partial charge in [-0.1, -0.05) is 22.8 Å². The van der Waals surface area contributed by atoms with E-state index in [4.69, 9.17) is 20.5 Å². The van der Waals surface area contributed by atoms with Crippen LogP contribution in [0.4, 0.5) is 0 Å². The third-order valence-electron chi connectivity index (χ3n) is 3.76. The van der Waals surface area contributed by atoms with Crippen LogP contribution in [0.3, 0.4) is 0 Å². The van der Waals surface area contributed by atoms with Gasteiger partial charge in [0.25, 0.3) is 0 Å². The molecule has 0 N–H and O–H groups in total. The number of hydrogen-bond acceptors (Lipinski definition) is 7. The molecule has 2 aromatic rings. The summed E-state index contributed by atoms with van der Waals surface area (Å²) in [6.45, 7) is 3.70. The molecule has 0 bridgehead atoms. The highest BCUT2D eigenvalue weighted by molar-refractivity contribution is 7.87. The van der Waals surface area contributed by atoms with E-state index >= 15 is 0 Å². The predicted octanol–water partition coefficient (Wildman–Crippen LogP) is 3.82. The van der Waals surface area contributed by atoms with Gasteiger partial charge in [0.05, 0.1) is 17.9 Å². The molecule has 1 aliphatic rings. The van der Waals surface area contributed by atoms with Crippen LogP contribution in [-0.2, 0) is 19.8 Å². The van der Waals surface area contributed by atoms with Crippen LogP contribution in [0.1, 0.15) is 19.4 Å². The summed E-state index contributed by atoms with van der Waals surface area (Å²) in [5.74, 6) is -0.310. The lowest BCUT2D eigenvalue weighted by Gasteiger charge is -2.13. The molecular formula is C19H16ClNO6S. The fourth-order valence-electron chi connectivity index (χ4n) is 2.41. The number of ether oxygens (including phenoxy) is 1. The molecule has 0 radical (unpaired) electrons. The zero-order chi connectivity index (χ0) is 20.3. The molecule has 3 rings (SSSR count). The number of halogens is 1. The zero-order valence-electron chi connectivity index (χ0n) is 15.0. The van der Waals surface area contributed by atoms with Crippen molar-refractivity contribution in [1.29, 1.82) is 0 Å². The highest BCUT2D eigenvalue weighted by atomic mass is 35.5. The lowest BCUT2D eigenvalue weighted by Crippen LogP contribution is -2.10. The van der Waals surface area contributed by atoms with E-state index in [1.807, 2.05) is 0 Å². The van der Waals surface area contributed by atoms with Gasteiger partial charge in [0, 0.05) is 5.02 Å².